The summed E-state index contributed by atoms with van der Waals surface area (Å²) in [6.45, 7) is 8.68. The molecule has 1 atom stereocenters. The maximum absolute atomic E-state index is 12.6. The molecule has 1 aromatic rings. The zero-order valence-electron chi connectivity index (χ0n) is 16.0. The number of benzene rings is 1. The molecule has 25 heavy (non-hydrogen) atoms. The third-order valence-corrected chi connectivity index (χ3v) is 4.58. The zero-order chi connectivity index (χ0) is 18.7. The van der Waals surface area contributed by atoms with Crippen LogP contribution in [0, 0.1) is 5.92 Å². The molecule has 0 bridgehead atoms. The Kier molecular flexibility index (Phi) is 9.90. The normalized spacial score (nSPS) is 12.0. The Bertz CT molecular complexity index is 534. The van der Waals surface area contributed by atoms with E-state index in [4.69, 9.17) is 9.47 Å². The Morgan fingerprint density at radius 2 is 1.48 bits per heavy atom. The van der Waals surface area contributed by atoms with Crippen LogP contribution in [0.2, 0.25) is 0 Å². The molecule has 140 valence electrons. The van der Waals surface area contributed by atoms with Crippen LogP contribution in [0.5, 0.6) is 0 Å². The van der Waals surface area contributed by atoms with Gasteiger partial charge in [-0.2, -0.15) is 0 Å². The summed E-state index contributed by atoms with van der Waals surface area (Å²) in [7, 11) is 0. The number of ether oxygens (including phenoxy) is 2. The molecule has 1 aromatic carbocycles. The summed E-state index contributed by atoms with van der Waals surface area (Å²) in [5.74, 6) is -0.246. The van der Waals surface area contributed by atoms with Crippen LogP contribution < -0.4 is 0 Å². The molecule has 1 rings (SSSR count). The van der Waals surface area contributed by atoms with Crippen LogP contribution >= 0.6 is 0 Å². The van der Waals surface area contributed by atoms with Crippen molar-refractivity contribution in [1.82, 2.24) is 0 Å². The van der Waals surface area contributed by atoms with Crippen molar-refractivity contribution in [1.29, 1.82) is 0 Å². The van der Waals surface area contributed by atoms with Crippen molar-refractivity contribution >= 4 is 11.9 Å². The summed E-state index contributed by atoms with van der Waals surface area (Å²) < 4.78 is 10.8. The van der Waals surface area contributed by atoms with E-state index in [1.54, 1.807) is 24.3 Å². The first-order chi connectivity index (χ1) is 12.1. The number of hydrogen-bond acceptors (Lipinski definition) is 4. The average molecular weight is 348 g/mol. The molecule has 0 N–H and O–H groups in total. The molecule has 0 spiro atoms. The molecule has 1 unspecified atom stereocenters. The van der Waals surface area contributed by atoms with Crippen LogP contribution in [0.15, 0.2) is 24.3 Å². The van der Waals surface area contributed by atoms with E-state index in [-0.39, 0.29) is 17.2 Å². The fourth-order valence-electron chi connectivity index (χ4n) is 2.79. The maximum atomic E-state index is 12.6. The Hall–Kier alpha value is -1.84. The second-order valence-electron chi connectivity index (χ2n) is 6.38. The number of rotatable bonds is 11. The lowest BCUT2D eigenvalue weighted by Gasteiger charge is -2.20. The molecule has 0 saturated carbocycles. The summed E-state index contributed by atoms with van der Waals surface area (Å²) in [4.78, 5) is 24.7. The smallest absolute Gasteiger partial charge is 0.339 e. The van der Waals surface area contributed by atoms with E-state index in [1.807, 2.05) is 13.8 Å². The van der Waals surface area contributed by atoms with Crippen molar-refractivity contribution in [2.75, 3.05) is 6.61 Å². The fraction of sp³-hybridized carbons (Fsp3) is 0.619. The summed E-state index contributed by atoms with van der Waals surface area (Å²) in [6, 6.07) is 6.69. The molecule has 0 heterocycles. The minimum atomic E-state index is -0.473. The molecule has 0 aromatic heterocycles. The minimum absolute atomic E-state index is 0.118. The van der Waals surface area contributed by atoms with Gasteiger partial charge < -0.3 is 9.47 Å². The Morgan fingerprint density at radius 1 is 0.880 bits per heavy atom. The predicted molar refractivity (Wildman–Crippen MR) is 99.8 cm³/mol. The largest absolute Gasteiger partial charge is 0.462 e. The monoisotopic (exact) mass is 348 g/mol. The van der Waals surface area contributed by atoms with Crippen molar-refractivity contribution in [3.63, 3.8) is 0 Å². The van der Waals surface area contributed by atoms with Gasteiger partial charge in [-0.15, -0.1) is 0 Å². The van der Waals surface area contributed by atoms with Crippen LogP contribution in [0.25, 0.3) is 0 Å². The molecule has 4 nitrogen and oxygen atoms in total. The molecule has 0 amide bonds. The molecule has 0 saturated heterocycles. The second-order valence-corrected chi connectivity index (χ2v) is 6.38. The highest BCUT2D eigenvalue weighted by molar-refractivity contribution is 6.03. The fourth-order valence-corrected chi connectivity index (χ4v) is 2.79. The van der Waals surface area contributed by atoms with Gasteiger partial charge in [0.05, 0.1) is 17.7 Å². The highest BCUT2D eigenvalue weighted by Crippen LogP contribution is 2.20. The van der Waals surface area contributed by atoms with Gasteiger partial charge in [0, 0.05) is 0 Å². The van der Waals surface area contributed by atoms with Gasteiger partial charge in [0.15, 0.2) is 0 Å². The number of carbonyl (C=O) groups is 2. The van der Waals surface area contributed by atoms with E-state index in [1.165, 1.54) is 0 Å². The van der Waals surface area contributed by atoms with E-state index in [0.717, 1.165) is 38.5 Å². The first-order valence-electron chi connectivity index (χ1n) is 9.54. The third kappa shape index (κ3) is 6.89. The van der Waals surface area contributed by atoms with Gasteiger partial charge in [-0.3, -0.25) is 0 Å². The highest BCUT2D eigenvalue weighted by Gasteiger charge is 2.21. The van der Waals surface area contributed by atoms with Gasteiger partial charge in [0.1, 0.15) is 6.10 Å². The molecule has 0 aliphatic heterocycles. The number of hydrogen-bond donors (Lipinski definition) is 0. The van der Waals surface area contributed by atoms with Gasteiger partial charge in [-0.05, 0) is 43.7 Å². The van der Waals surface area contributed by atoms with Gasteiger partial charge >= 0.3 is 11.9 Å². The minimum Gasteiger partial charge on any atom is -0.462 e. The molecule has 0 fully saturated rings. The van der Waals surface area contributed by atoms with E-state index < -0.39 is 11.9 Å². The van der Waals surface area contributed by atoms with E-state index in [9.17, 15) is 9.59 Å². The van der Waals surface area contributed by atoms with Gasteiger partial charge in [-0.25, -0.2) is 9.59 Å². The van der Waals surface area contributed by atoms with Crippen LogP contribution in [0.1, 0.15) is 86.9 Å². The number of esters is 2. The lowest BCUT2D eigenvalue weighted by molar-refractivity contribution is 0.0248. The molecule has 0 aliphatic carbocycles. The Morgan fingerprint density at radius 3 is 2.00 bits per heavy atom. The molecule has 0 aliphatic rings. The lowest BCUT2D eigenvalue weighted by Crippen LogP contribution is -2.21. The molecule has 4 heteroatoms. The zero-order valence-corrected chi connectivity index (χ0v) is 16.0. The van der Waals surface area contributed by atoms with Crippen LogP contribution in [-0.4, -0.2) is 24.6 Å². The van der Waals surface area contributed by atoms with Gasteiger partial charge in [0.25, 0.3) is 0 Å². The first-order valence-corrected chi connectivity index (χ1v) is 9.54. The third-order valence-electron chi connectivity index (χ3n) is 4.58. The lowest BCUT2D eigenvalue weighted by atomic mass is 9.95. The summed E-state index contributed by atoms with van der Waals surface area (Å²) >= 11 is 0. The number of carbonyl (C=O) groups excluding carboxylic acids is 2. The highest BCUT2D eigenvalue weighted by atomic mass is 16.5. The Labute approximate surface area is 151 Å². The maximum Gasteiger partial charge on any atom is 0.339 e. The van der Waals surface area contributed by atoms with Crippen LogP contribution in [-0.2, 0) is 9.47 Å². The standard InChI is InChI=1S/C21H32O4/c1-5-15-24-20(22)18-11-9-10-12-19(18)21(23)25-17(8-4)14-13-16(6-2)7-3/h9-12,16-17H,5-8,13-15H2,1-4H3. The van der Waals surface area contributed by atoms with Crippen molar-refractivity contribution in [3.8, 4) is 0 Å². The predicted octanol–water partition coefficient (Wildman–Crippen LogP) is 5.41. The SMILES string of the molecule is CCCOC(=O)c1ccccc1C(=O)OC(CC)CCC(CC)CC. The van der Waals surface area contributed by atoms with Gasteiger partial charge in [0.2, 0.25) is 0 Å². The molecular formula is C21H32O4. The summed E-state index contributed by atoms with van der Waals surface area (Å²) in [6.07, 6.45) is 5.60. The average Bonchev–Trinajstić information content (AvgIpc) is 2.65. The van der Waals surface area contributed by atoms with Crippen LogP contribution in [0.3, 0.4) is 0 Å². The Balaban J connectivity index is 2.76. The molecule has 0 radical (unpaired) electrons. The second kappa shape index (κ2) is 11.7. The quantitative estimate of drug-likeness (QED) is 0.502. The topological polar surface area (TPSA) is 52.6 Å². The summed E-state index contributed by atoms with van der Waals surface area (Å²) in [5.41, 5.74) is 0.556. The van der Waals surface area contributed by atoms with Crippen molar-refractivity contribution < 1.29 is 19.1 Å². The van der Waals surface area contributed by atoms with Crippen molar-refractivity contribution in [2.24, 2.45) is 5.92 Å². The van der Waals surface area contributed by atoms with Gasteiger partial charge in [-0.1, -0.05) is 52.7 Å². The van der Waals surface area contributed by atoms with E-state index in [0.29, 0.717) is 12.5 Å². The summed E-state index contributed by atoms with van der Waals surface area (Å²) in [5, 5.41) is 0. The van der Waals surface area contributed by atoms with E-state index >= 15 is 0 Å². The van der Waals surface area contributed by atoms with Crippen molar-refractivity contribution in [3.05, 3.63) is 35.4 Å². The van der Waals surface area contributed by atoms with E-state index in [2.05, 4.69) is 13.8 Å². The molecular weight excluding hydrogens is 316 g/mol. The van der Waals surface area contributed by atoms with Crippen LogP contribution in [0.4, 0.5) is 0 Å². The van der Waals surface area contributed by atoms with Crippen molar-refractivity contribution in [2.45, 2.75) is 72.3 Å². The first kappa shape index (κ1) is 21.2.